The highest BCUT2D eigenvalue weighted by Gasteiger charge is 2.12. The van der Waals surface area contributed by atoms with Crippen LogP contribution in [0.3, 0.4) is 0 Å². The van der Waals surface area contributed by atoms with Crippen molar-refractivity contribution in [2.24, 2.45) is 5.73 Å². The highest BCUT2D eigenvalue weighted by Crippen LogP contribution is 2.16. The number of hydrogen-bond donors (Lipinski definition) is 2. The average molecular weight is 304 g/mol. The molecule has 1 aromatic carbocycles. The molecule has 22 heavy (non-hydrogen) atoms. The molecule has 116 valence electrons. The van der Waals surface area contributed by atoms with E-state index < -0.39 is 17.8 Å². The number of primary amides is 1. The second-order valence-corrected chi connectivity index (χ2v) is 3.91. The van der Waals surface area contributed by atoms with Crippen LogP contribution in [0.25, 0.3) is 0 Å². The molecule has 0 aliphatic heterocycles. The molecule has 0 saturated carbocycles. The minimum Gasteiger partial charge on any atom is -0.480 e. The molecule has 0 aliphatic rings. The van der Waals surface area contributed by atoms with E-state index in [2.05, 4.69) is 21.9 Å². The molecule has 0 radical (unpaired) electrons. The quantitative estimate of drug-likeness (QED) is 0.447. The van der Waals surface area contributed by atoms with E-state index in [9.17, 15) is 14.4 Å². The third-order valence-electron chi connectivity index (χ3n) is 2.38. The number of esters is 1. The summed E-state index contributed by atoms with van der Waals surface area (Å²) in [5.41, 5.74) is 5.47. The number of carbonyl (C=O) groups is 3. The molecule has 2 amide bonds. The third-order valence-corrected chi connectivity index (χ3v) is 2.38. The Labute approximate surface area is 127 Å². The summed E-state index contributed by atoms with van der Waals surface area (Å²) in [6, 6.07) is 6.52. The minimum atomic E-state index is -0.948. The summed E-state index contributed by atoms with van der Waals surface area (Å²) >= 11 is 0. The molecule has 1 rings (SSSR count). The lowest BCUT2D eigenvalue weighted by molar-refractivity contribution is -0.154. The SMILES string of the molecule is CCOC(=O)C(=O)NCC#CCOc1ccccc1C(N)=O. The monoisotopic (exact) mass is 304 g/mol. The van der Waals surface area contributed by atoms with Crippen LogP contribution in [-0.4, -0.2) is 37.5 Å². The van der Waals surface area contributed by atoms with Crippen molar-refractivity contribution in [2.75, 3.05) is 19.8 Å². The van der Waals surface area contributed by atoms with Gasteiger partial charge in [0, 0.05) is 0 Å². The second-order valence-electron chi connectivity index (χ2n) is 3.91. The molecule has 0 spiro atoms. The number of para-hydroxylation sites is 1. The normalized spacial score (nSPS) is 9.14. The van der Waals surface area contributed by atoms with Crippen molar-refractivity contribution in [3.05, 3.63) is 29.8 Å². The molecule has 0 fully saturated rings. The van der Waals surface area contributed by atoms with E-state index in [1.54, 1.807) is 31.2 Å². The van der Waals surface area contributed by atoms with Gasteiger partial charge in [-0.3, -0.25) is 9.59 Å². The molecule has 0 heterocycles. The lowest BCUT2D eigenvalue weighted by Crippen LogP contribution is -2.32. The number of amides is 2. The molecule has 0 saturated heterocycles. The Morgan fingerprint density at radius 2 is 1.95 bits per heavy atom. The van der Waals surface area contributed by atoms with Gasteiger partial charge in [-0.2, -0.15) is 0 Å². The van der Waals surface area contributed by atoms with Gasteiger partial charge in [-0.1, -0.05) is 24.0 Å². The van der Waals surface area contributed by atoms with Crippen molar-refractivity contribution >= 4 is 17.8 Å². The van der Waals surface area contributed by atoms with Crippen LogP contribution in [0.15, 0.2) is 24.3 Å². The van der Waals surface area contributed by atoms with E-state index in [1.807, 2.05) is 0 Å². The first kappa shape index (κ1) is 17.0. The number of benzene rings is 1. The second kappa shape index (κ2) is 9.02. The summed E-state index contributed by atoms with van der Waals surface area (Å²) in [7, 11) is 0. The van der Waals surface area contributed by atoms with Crippen LogP contribution in [0.4, 0.5) is 0 Å². The Hall–Kier alpha value is -3.01. The zero-order chi connectivity index (χ0) is 16.4. The van der Waals surface area contributed by atoms with Crippen LogP contribution < -0.4 is 15.8 Å². The number of rotatable bonds is 5. The Morgan fingerprint density at radius 3 is 2.64 bits per heavy atom. The van der Waals surface area contributed by atoms with E-state index in [-0.39, 0.29) is 25.3 Å². The van der Waals surface area contributed by atoms with Crippen LogP contribution in [-0.2, 0) is 14.3 Å². The van der Waals surface area contributed by atoms with E-state index in [4.69, 9.17) is 10.5 Å². The molecule has 7 heteroatoms. The largest absolute Gasteiger partial charge is 0.480 e. The van der Waals surface area contributed by atoms with Crippen LogP contribution in [0, 0.1) is 11.8 Å². The average Bonchev–Trinajstić information content (AvgIpc) is 2.50. The van der Waals surface area contributed by atoms with Crippen LogP contribution in [0.2, 0.25) is 0 Å². The van der Waals surface area contributed by atoms with E-state index >= 15 is 0 Å². The first-order valence-electron chi connectivity index (χ1n) is 6.48. The molecule has 0 bridgehead atoms. The first-order valence-corrected chi connectivity index (χ1v) is 6.48. The molecule has 0 atom stereocenters. The Bertz CT molecular complexity index is 616. The zero-order valence-electron chi connectivity index (χ0n) is 12.0. The number of hydrogen-bond acceptors (Lipinski definition) is 5. The van der Waals surface area contributed by atoms with Gasteiger partial charge in [0.15, 0.2) is 0 Å². The summed E-state index contributed by atoms with van der Waals surface area (Å²) in [5.74, 6) is 3.18. The van der Waals surface area contributed by atoms with Gasteiger partial charge in [-0.25, -0.2) is 4.79 Å². The fourth-order valence-corrected chi connectivity index (χ4v) is 1.42. The summed E-state index contributed by atoms with van der Waals surface area (Å²) in [6.45, 7) is 1.73. The fraction of sp³-hybridized carbons (Fsp3) is 0.267. The van der Waals surface area contributed by atoms with Crippen LogP contribution in [0.5, 0.6) is 5.75 Å². The summed E-state index contributed by atoms with van der Waals surface area (Å²) in [5, 5.41) is 2.28. The Kier molecular flexibility index (Phi) is 6.99. The van der Waals surface area contributed by atoms with Crippen molar-refractivity contribution in [3.8, 4) is 17.6 Å². The van der Waals surface area contributed by atoms with Crippen molar-refractivity contribution < 1.29 is 23.9 Å². The third kappa shape index (κ3) is 5.54. The maximum atomic E-state index is 11.2. The molecule has 3 N–H and O–H groups in total. The maximum Gasteiger partial charge on any atom is 0.396 e. The summed E-state index contributed by atoms with van der Waals surface area (Å²) < 4.78 is 9.82. The topological polar surface area (TPSA) is 108 Å². The summed E-state index contributed by atoms with van der Waals surface area (Å²) in [4.78, 5) is 33.3. The number of nitrogens with one attached hydrogen (secondary N) is 1. The van der Waals surface area contributed by atoms with Crippen LogP contribution in [0.1, 0.15) is 17.3 Å². The Morgan fingerprint density at radius 1 is 1.23 bits per heavy atom. The zero-order valence-corrected chi connectivity index (χ0v) is 12.0. The number of carbonyl (C=O) groups excluding carboxylic acids is 3. The van der Waals surface area contributed by atoms with Crippen molar-refractivity contribution in [2.45, 2.75) is 6.92 Å². The van der Waals surface area contributed by atoms with Crippen molar-refractivity contribution in [1.29, 1.82) is 0 Å². The predicted molar refractivity (Wildman–Crippen MR) is 77.9 cm³/mol. The minimum absolute atomic E-state index is 0.0135. The molecule has 0 unspecified atom stereocenters. The highest BCUT2D eigenvalue weighted by molar-refractivity contribution is 6.32. The van der Waals surface area contributed by atoms with E-state index in [0.717, 1.165) is 0 Å². The van der Waals surface area contributed by atoms with Crippen LogP contribution >= 0.6 is 0 Å². The number of nitrogens with two attached hydrogens (primary N) is 1. The maximum absolute atomic E-state index is 11.2. The van der Waals surface area contributed by atoms with Gasteiger partial charge < -0.3 is 20.5 Å². The van der Waals surface area contributed by atoms with Gasteiger partial charge in [0.1, 0.15) is 12.4 Å². The molecule has 7 nitrogen and oxygen atoms in total. The molecule has 0 aromatic heterocycles. The number of ether oxygens (including phenoxy) is 2. The molecular weight excluding hydrogens is 288 g/mol. The Balaban J connectivity index is 2.39. The van der Waals surface area contributed by atoms with E-state index in [0.29, 0.717) is 5.75 Å². The van der Waals surface area contributed by atoms with Gasteiger partial charge in [0.2, 0.25) is 0 Å². The van der Waals surface area contributed by atoms with E-state index in [1.165, 1.54) is 0 Å². The standard InChI is InChI=1S/C15H16N2O5/c1-2-21-15(20)14(19)17-9-5-6-10-22-12-8-4-3-7-11(12)13(16)18/h3-4,7-8H,2,9-10H2,1H3,(H2,16,18)(H,17,19). The van der Waals surface area contributed by atoms with Gasteiger partial charge >= 0.3 is 11.9 Å². The predicted octanol–water partition coefficient (Wildman–Crippen LogP) is -0.153. The van der Waals surface area contributed by atoms with Crippen molar-refractivity contribution in [3.63, 3.8) is 0 Å². The van der Waals surface area contributed by atoms with Gasteiger partial charge in [0.25, 0.3) is 5.91 Å². The molecule has 0 aliphatic carbocycles. The summed E-state index contributed by atoms with van der Waals surface area (Å²) in [6.07, 6.45) is 0. The highest BCUT2D eigenvalue weighted by atomic mass is 16.5. The van der Waals surface area contributed by atoms with Gasteiger partial charge in [-0.15, -0.1) is 0 Å². The smallest absolute Gasteiger partial charge is 0.396 e. The molecule has 1 aromatic rings. The van der Waals surface area contributed by atoms with Crippen molar-refractivity contribution in [1.82, 2.24) is 5.32 Å². The first-order chi connectivity index (χ1) is 10.6. The molecular formula is C15H16N2O5. The lowest BCUT2D eigenvalue weighted by Gasteiger charge is -2.05. The van der Waals surface area contributed by atoms with Gasteiger partial charge in [-0.05, 0) is 19.1 Å². The van der Waals surface area contributed by atoms with Gasteiger partial charge in [0.05, 0.1) is 18.7 Å². The lowest BCUT2D eigenvalue weighted by atomic mass is 10.2. The fourth-order valence-electron chi connectivity index (χ4n) is 1.42.